The van der Waals surface area contributed by atoms with Crippen molar-refractivity contribution in [3.05, 3.63) is 83.7 Å². The Labute approximate surface area is 203 Å². The molecule has 1 fully saturated rings. The van der Waals surface area contributed by atoms with Crippen LogP contribution < -0.4 is 15.5 Å². The molecular weight excluding hydrogens is 442 g/mol. The van der Waals surface area contributed by atoms with E-state index in [-0.39, 0.29) is 11.8 Å². The first kappa shape index (κ1) is 22.5. The van der Waals surface area contributed by atoms with Crippen LogP contribution in [0.15, 0.2) is 66.9 Å². The Morgan fingerprint density at radius 3 is 2.46 bits per heavy atom. The molecule has 5 rings (SSSR count). The van der Waals surface area contributed by atoms with Gasteiger partial charge in [0, 0.05) is 54.6 Å². The highest BCUT2D eigenvalue weighted by Gasteiger charge is 2.16. The maximum absolute atomic E-state index is 12.9. The van der Waals surface area contributed by atoms with E-state index in [0.29, 0.717) is 28.9 Å². The molecule has 35 heavy (non-hydrogen) atoms. The molecule has 2 aromatic heterocycles. The molecule has 9 heteroatoms. The number of benzene rings is 2. The van der Waals surface area contributed by atoms with Gasteiger partial charge in [0.05, 0.1) is 17.8 Å². The number of fused-ring (bicyclic) bond motifs is 1. The van der Waals surface area contributed by atoms with Gasteiger partial charge in [0.1, 0.15) is 0 Å². The van der Waals surface area contributed by atoms with Gasteiger partial charge < -0.3 is 20.4 Å². The van der Waals surface area contributed by atoms with E-state index >= 15 is 0 Å². The van der Waals surface area contributed by atoms with E-state index in [1.54, 1.807) is 24.4 Å². The van der Waals surface area contributed by atoms with Crippen molar-refractivity contribution in [1.29, 1.82) is 0 Å². The van der Waals surface area contributed by atoms with Crippen LogP contribution in [0.25, 0.3) is 10.9 Å². The van der Waals surface area contributed by atoms with Gasteiger partial charge in [-0.3, -0.25) is 19.7 Å². The van der Waals surface area contributed by atoms with Gasteiger partial charge in [-0.05, 0) is 61.6 Å². The molecule has 0 radical (unpaired) electrons. The molecule has 2 aromatic carbocycles. The quantitative estimate of drug-likeness (QED) is 0.401. The summed E-state index contributed by atoms with van der Waals surface area (Å²) in [7, 11) is 2.13. The highest BCUT2D eigenvalue weighted by molar-refractivity contribution is 6.09. The zero-order valence-electron chi connectivity index (χ0n) is 19.5. The monoisotopic (exact) mass is 469 g/mol. The van der Waals surface area contributed by atoms with Crippen molar-refractivity contribution >= 4 is 34.2 Å². The van der Waals surface area contributed by atoms with Crippen molar-refractivity contribution in [3.8, 4) is 0 Å². The second-order valence-corrected chi connectivity index (χ2v) is 8.63. The van der Waals surface area contributed by atoms with Crippen LogP contribution in [0.3, 0.4) is 0 Å². The summed E-state index contributed by atoms with van der Waals surface area (Å²) >= 11 is 0. The van der Waals surface area contributed by atoms with E-state index in [1.165, 1.54) is 0 Å². The molecule has 0 unspecified atom stereocenters. The van der Waals surface area contributed by atoms with Gasteiger partial charge in [0.15, 0.2) is 5.82 Å². The number of amides is 2. The fraction of sp³-hybridized carbons (Fsp3) is 0.231. The van der Waals surface area contributed by atoms with Crippen molar-refractivity contribution in [2.45, 2.75) is 6.54 Å². The molecule has 4 aromatic rings. The molecule has 3 heterocycles. The lowest BCUT2D eigenvalue weighted by Crippen LogP contribution is -2.44. The average molecular weight is 470 g/mol. The van der Waals surface area contributed by atoms with Crippen LogP contribution in [0.4, 0.5) is 11.5 Å². The molecule has 0 atom stereocenters. The van der Waals surface area contributed by atoms with Gasteiger partial charge in [-0.2, -0.15) is 5.10 Å². The van der Waals surface area contributed by atoms with Crippen LogP contribution in [0.1, 0.15) is 26.4 Å². The molecule has 1 saturated heterocycles. The summed E-state index contributed by atoms with van der Waals surface area (Å²) in [6, 6.07) is 18.4. The van der Waals surface area contributed by atoms with Crippen LogP contribution in [0.5, 0.6) is 0 Å². The smallest absolute Gasteiger partial charge is 0.256 e. The Bertz CT molecular complexity index is 1330. The number of rotatable bonds is 6. The predicted octanol–water partition coefficient (Wildman–Crippen LogP) is 2.89. The Hall–Kier alpha value is -4.24. The highest BCUT2D eigenvalue weighted by Crippen LogP contribution is 2.23. The number of carbonyl (C=O) groups excluding carboxylic acids is 2. The second-order valence-electron chi connectivity index (χ2n) is 8.63. The van der Waals surface area contributed by atoms with Gasteiger partial charge in [-0.25, -0.2) is 0 Å². The summed E-state index contributed by atoms with van der Waals surface area (Å²) in [5, 5.41) is 13.5. The number of anilines is 2. The molecule has 9 nitrogen and oxygen atoms in total. The van der Waals surface area contributed by atoms with E-state index < -0.39 is 0 Å². The highest BCUT2D eigenvalue weighted by atomic mass is 16.2. The zero-order chi connectivity index (χ0) is 24.2. The minimum Gasteiger partial charge on any atom is -0.369 e. The van der Waals surface area contributed by atoms with Gasteiger partial charge in [0.2, 0.25) is 0 Å². The van der Waals surface area contributed by atoms with Crippen LogP contribution in [-0.2, 0) is 6.54 Å². The van der Waals surface area contributed by atoms with E-state index in [9.17, 15) is 9.59 Å². The van der Waals surface area contributed by atoms with Gasteiger partial charge in [0.25, 0.3) is 11.8 Å². The summed E-state index contributed by atoms with van der Waals surface area (Å²) < 4.78 is 0. The summed E-state index contributed by atoms with van der Waals surface area (Å²) in [6.45, 7) is 4.32. The van der Waals surface area contributed by atoms with E-state index in [2.05, 4.69) is 42.7 Å². The van der Waals surface area contributed by atoms with Crippen LogP contribution in [-0.4, -0.2) is 65.1 Å². The number of hydrogen-bond acceptors (Lipinski definition) is 6. The predicted molar refractivity (Wildman–Crippen MR) is 136 cm³/mol. The third-order valence-electron chi connectivity index (χ3n) is 6.21. The maximum atomic E-state index is 12.9. The fourth-order valence-corrected chi connectivity index (χ4v) is 4.09. The fourth-order valence-electron chi connectivity index (χ4n) is 4.09. The number of nitrogens with one attached hydrogen (secondary N) is 3. The van der Waals surface area contributed by atoms with Crippen molar-refractivity contribution < 1.29 is 9.59 Å². The molecule has 0 aliphatic carbocycles. The molecule has 0 saturated carbocycles. The Morgan fingerprint density at radius 1 is 0.943 bits per heavy atom. The van der Waals surface area contributed by atoms with E-state index in [0.717, 1.165) is 43.1 Å². The minimum atomic E-state index is -0.256. The van der Waals surface area contributed by atoms with Crippen molar-refractivity contribution in [2.75, 3.05) is 43.4 Å². The van der Waals surface area contributed by atoms with Gasteiger partial charge >= 0.3 is 0 Å². The number of carbonyl (C=O) groups is 2. The Balaban J connectivity index is 1.26. The number of nitrogens with zero attached hydrogens (tertiary/aromatic N) is 4. The first-order valence-electron chi connectivity index (χ1n) is 11.6. The first-order valence-corrected chi connectivity index (χ1v) is 11.6. The van der Waals surface area contributed by atoms with Crippen molar-refractivity contribution in [2.24, 2.45) is 0 Å². The Kier molecular flexibility index (Phi) is 6.40. The number of H-pyrrole nitrogens is 1. The standard InChI is InChI=1S/C26H27N7O2/c1-32-12-14-33(15-13-32)21-8-5-18(6-9-21)26(35)29-24-22-16-19(7-10-23(22)30-31-24)25(34)28-17-20-4-2-3-11-27-20/h2-11,16H,12-15,17H2,1H3,(H,28,34)(H2,29,30,31,35). The van der Waals surface area contributed by atoms with E-state index in [1.807, 2.05) is 42.5 Å². The molecule has 1 aliphatic rings. The lowest BCUT2D eigenvalue weighted by molar-refractivity contribution is 0.0949. The SMILES string of the molecule is CN1CCN(c2ccc(C(=O)Nc3n[nH]c4ccc(C(=O)NCc5ccccn5)cc34)cc2)CC1. The topological polar surface area (TPSA) is 106 Å². The molecule has 1 aliphatic heterocycles. The van der Waals surface area contributed by atoms with Crippen molar-refractivity contribution in [3.63, 3.8) is 0 Å². The maximum Gasteiger partial charge on any atom is 0.256 e. The number of pyridine rings is 1. The van der Waals surface area contributed by atoms with Gasteiger partial charge in [-0.15, -0.1) is 0 Å². The second kappa shape index (κ2) is 9.94. The number of hydrogen-bond donors (Lipinski definition) is 3. The lowest BCUT2D eigenvalue weighted by Gasteiger charge is -2.34. The third-order valence-corrected chi connectivity index (χ3v) is 6.21. The largest absolute Gasteiger partial charge is 0.369 e. The molecule has 0 spiro atoms. The number of aromatic amines is 1. The van der Waals surface area contributed by atoms with Crippen LogP contribution in [0, 0.1) is 0 Å². The summed E-state index contributed by atoms with van der Waals surface area (Å²) in [4.78, 5) is 34.4. The number of aromatic nitrogens is 3. The van der Waals surface area contributed by atoms with Gasteiger partial charge in [-0.1, -0.05) is 6.07 Å². The lowest BCUT2D eigenvalue weighted by atomic mass is 10.1. The summed E-state index contributed by atoms with van der Waals surface area (Å²) in [5.74, 6) is -0.101. The van der Waals surface area contributed by atoms with Crippen LogP contribution in [0.2, 0.25) is 0 Å². The molecule has 0 bridgehead atoms. The van der Waals surface area contributed by atoms with Crippen molar-refractivity contribution in [1.82, 2.24) is 25.4 Å². The molecule has 2 amide bonds. The number of piperazine rings is 1. The first-order chi connectivity index (χ1) is 17.1. The third kappa shape index (κ3) is 5.15. The number of likely N-dealkylation sites (N-methyl/N-ethyl adjacent to an activating group) is 1. The average Bonchev–Trinajstić information content (AvgIpc) is 3.30. The summed E-state index contributed by atoms with van der Waals surface area (Å²) in [6.07, 6.45) is 1.69. The minimum absolute atomic E-state index is 0.226. The summed E-state index contributed by atoms with van der Waals surface area (Å²) in [5.41, 5.74) is 3.63. The molecule has 3 N–H and O–H groups in total. The van der Waals surface area contributed by atoms with Crippen LogP contribution >= 0.6 is 0 Å². The molecule has 178 valence electrons. The Morgan fingerprint density at radius 2 is 1.71 bits per heavy atom. The normalized spacial score (nSPS) is 14.1. The van der Waals surface area contributed by atoms with E-state index in [4.69, 9.17) is 0 Å². The molecular formula is C26H27N7O2. The zero-order valence-corrected chi connectivity index (χ0v) is 19.5.